The van der Waals surface area contributed by atoms with Crippen LogP contribution in [-0.4, -0.2) is 20.4 Å². The lowest BCUT2D eigenvalue weighted by atomic mass is 9.80. The van der Waals surface area contributed by atoms with Crippen LogP contribution >= 0.6 is 11.6 Å². The smallest absolute Gasteiger partial charge is 0.160 e. The van der Waals surface area contributed by atoms with Gasteiger partial charge in [-0.3, -0.25) is 0 Å². The molecule has 3 rings (SSSR count). The quantitative estimate of drug-likeness (QED) is 0.781. The Morgan fingerprint density at radius 1 is 1.14 bits per heavy atom. The minimum absolute atomic E-state index is 0.515. The van der Waals surface area contributed by atoms with E-state index in [1.54, 1.807) is 0 Å². The molecule has 2 atom stereocenters. The lowest BCUT2D eigenvalue weighted by molar-refractivity contribution is 0.221. The number of nitrogens with zero attached hydrogens (tertiary/aromatic N) is 3. The third kappa shape index (κ3) is 2.94. The van der Waals surface area contributed by atoms with Gasteiger partial charge in [-0.25, -0.2) is 9.97 Å². The second-order valence-electron chi connectivity index (χ2n) is 6.70. The molecule has 0 saturated heterocycles. The van der Waals surface area contributed by atoms with E-state index in [0.717, 1.165) is 40.9 Å². The number of rotatable bonds is 3. The predicted molar refractivity (Wildman–Crippen MR) is 87.9 cm³/mol. The summed E-state index contributed by atoms with van der Waals surface area (Å²) < 4.78 is 2.39. The molecule has 2 unspecified atom stereocenters. The maximum absolute atomic E-state index is 5.99. The van der Waals surface area contributed by atoms with Crippen LogP contribution in [0.1, 0.15) is 50.7 Å². The molecule has 4 heteroatoms. The number of pyridine rings is 1. The van der Waals surface area contributed by atoms with Crippen molar-refractivity contribution in [3.05, 3.63) is 23.7 Å². The highest BCUT2D eigenvalue weighted by Crippen LogP contribution is 2.38. The lowest BCUT2D eigenvalue weighted by Gasteiger charge is -2.33. The summed E-state index contributed by atoms with van der Waals surface area (Å²) >= 11 is 5.99. The van der Waals surface area contributed by atoms with E-state index in [-0.39, 0.29) is 0 Å². The molecular formula is C17H24ClN3. The van der Waals surface area contributed by atoms with Crippen molar-refractivity contribution in [2.24, 2.45) is 11.8 Å². The third-order valence-corrected chi connectivity index (χ3v) is 4.78. The van der Waals surface area contributed by atoms with Crippen LogP contribution in [0, 0.1) is 18.8 Å². The minimum Gasteiger partial charge on any atom is -0.310 e. The summed E-state index contributed by atoms with van der Waals surface area (Å²) in [6.45, 7) is 6.77. The van der Waals surface area contributed by atoms with Crippen LogP contribution < -0.4 is 0 Å². The molecule has 1 fully saturated rings. The van der Waals surface area contributed by atoms with Crippen molar-refractivity contribution in [3.63, 3.8) is 0 Å². The Kier molecular flexibility index (Phi) is 4.21. The number of hydrogen-bond acceptors (Lipinski definition) is 2. The van der Waals surface area contributed by atoms with Gasteiger partial charge >= 0.3 is 0 Å². The second-order valence-corrected chi connectivity index (χ2v) is 7.08. The van der Waals surface area contributed by atoms with E-state index in [1.165, 1.54) is 19.3 Å². The van der Waals surface area contributed by atoms with E-state index in [1.807, 2.05) is 13.0 Å². The molecule has 1 aliphatic rings. The van der Waals surface area contributed by atoms with Gasteiger partial charge in [-0.15, -0.1) is 11.6 Å². The van der Waals surface area contributed by atoms with Gasteiger partial charge in [0.15, 0.2) is 5.65 Å². The van der Waals surface area contributed by atoms with Crippen molar-refractivity contribution in [1.29, 1.82) is 0 Å². The predicted octanol–water partition coefficient (Wildman–Crippen LogP) is 4.52. The number of aryl methyl sites for hydroxylation is 2. The highest BCUT2D eigenvalue weighted by Gasteiger charge is 2.28. The van der Waals surface area contributed by atoms with E-state index in [9.17, 15) is 0 Å². The molecule has 2 aromatic heterocycles. The fraction of sp³-hybridized carbons (Fsp3) is 0.647. The molecule has 0 aliphatic heterocycles. The molecule has 2 heterocycles. The lowest BCUT2D eigenvalue weighted by Crippen LogP contribution is -2.24. The van der Waals surface area contributed by atoms with Crippen LogP contribution in [0.2, 0.25) is 0 Å². The molecule has 0 spiro atoms. The molecule has 1 saturated carbocycles. The van der Waals surface area contributed by atoms with Crippen LogP contribution in [0.25, 0.3) is 11.2 Å². The molecule has 0 N–H and O–H groups in total. The van der Waals surface area contributed by atoms with E-state index < -0.39 is 0 Å². The van der Waals surface area contributed by atoms with Crippen LogP contribution in [0.4, 0.5) is 0 Å². The van der Waals surface area contributed by atoms with Gasteiger partial charge in [0.05, 0.1) is 0 Å². The Hall–Kier alpha value is -1.09. The van der Waals surface area contributed by atoms with Gasteiger partial charge in [-0.1, -0.05) is 13.8 Å². The van der Waals surface area contributed by atoms with Gasteiger partial charge in [0.2, 0.25) is 0 Å². The van der Waals surface area contributed by atoms with E-state index in [0.29, 0.717) is 11.9 Å². The molecule has 3 nitrogen and oxygen atoms in total. The summed E-state index contributed by atoms with van der Waals surface area (Å²) in [5.74, 6) is 3.25. The second kappa shape index (κ2) is 5.96. The molecular weight excluding hydrogens is 282 g/mol. The van der Waals surface area contributed by atoms with Gasteiger partial charge in [0.1, 0.15) is 11.3 Å². The SMILES string of the molecule is Cc1ccc2nc(CCCl)n(C3CC(C)CC(C)C3)c2n1. The molecule has 0 bridgehead atoms. The first kappa shape index (κ1) is 14.8. The topological polar surface area (TPSA) is 30.7 Å². The van der Waals surface area contributed by atoms with Gasteiger partial charge in [-0.05, 0) is 50.2 Å². The zero-order chi connectivity index (χ0) is 15.0. The van der Waals surface area contributed by atoms with E-state index in [2.05, 4.69) is 24.5 Å². The summed E-state index contributed by atoms with van der Waals surface area (Å²) in [5, 5.41) is 0. The molecule has 0 amide bonds. The average Bonchev–Trinajstić information content (AvgIpc) is 2.75. The summed E-state index contributed by atoms with van der Waals surface area (Å²) in [6.07, 6.45) is 4.60. The van der Waals surface area contributed by atoms with Gasteiger partial charge in [0.25, 0.3) is 0 Å². The zero-order valence-corrected chi connectivity index (χ0v) is 13.9. The minimum atomic E-state index is 0.515. The van der Waals surface area contributed by atoms with Crippen LogP contribution in [0.5, 0.6) is 0 Å². The summed E-state index contributed by atoms with van der Waals surface area (Å²) in [5.41, 5.74) is 3.10. The third-order valence-electron chi connectivity index (χ3n) is 4.59. The monoisotopic (exact) mass is 305 g/mol. The van der Waals surface area contributed by atoms with Gasteiger partial charge in [-0.2, -0.15) is 0 Å². The van der Waals surface area contributed by atoms with Gasteiger partial charge < -0.3 is 4.57 Å². The molecule has 114 valence electrons. The Morgan fingerprint density at radius 3 is 2.52 bits per heavy atom. The van der Waals surface area contributed by atoms with Crippen LogP contribution in [-0.2, 0) is 6.42 Å². The summed E-state index contributed by atoms with van der Waals surface area (Å²) in [6, 6.07) is 4.64. The number of aromatic nitrogens is 3. The highest BCUT2D eigenvalue weighted by atomic mass is 35.5. The number of halogens is 1. The Bertz CT molecular complexity index is 624. The zero-order valence-electron chi connectivity index (χ0n) is 13.1. The van der Waals surface area contributed by atoms with Crippen molar-refractivity contribution >= 4 is 22.8 Å². The number of fused-ring (bicyclic) bond motifs is 1. The van der Waals surface area contributed by atoms with Crippen molar-refractivity contribution in [1.82, 2.24) is 14.5 Å². The largest absolute Gasteiger partial charge is 0.310 e. The standard InChI is InChI=1S/C17H24ClN3/c1-11-8-12(2)10-14(9-11)21-16(6-7-18)20-15-5-4-13(3)19-17(15)21/h4-5,11-12,14H,6-10H2,1-3H3. The highest BCUT2D eigenvalue weighted by molar-refractivity contribution is 6.17. The first-order chi connectivity index (χ1) is 10.1. The van der Waals surface area contributed by atoms with E-state index >= 15 is 0 Å². The molecule has 2 aromatic rings. The van der Waals surface area contributed by atoms with Crippen LogP contribution in [0.3, 0.4) is 0 Å². The average molecular weight is 306 g/mol. The first-order valence-corrected chi connectivity index (χ1v) is 8.52. The molecule has 0 radical (unpaired) electrons. The number of hydrogen-bond donors (Lipinski definition) is 0. The van der Waals surface area contributed by atoms with Gasteiger partial charge in [0, 0.05) is 24.0 Å². The Morgan fingerprint density at radius 2 is 1.86 bits per heavy atom. The normalized spacial score (nSPS) is 26.4. The maximum Gasteiger partial charge on any atom is 0.160 e. The fourth-order valence-electron chi connectivity index (χ4n) is 3.88. The summed E-state index contributed by atoms with van der Waals surface area (Å²) in [4.78, 5) is 9.55. The van der Waals surface area contributed by atoms with E-state index in [4.69, 9.17) is 21.6 Å². The van der Waals surface area contributed by atoms with Crippen molar-refractivity contribution < 1.29 is 0 Å². The maximum atomic E-state index is 5.99. The van der Waals surface area contributed by atoms with Crippen LogP contribution in [0.15, 0.2) is 12.1 Å². The van der Waals surface area contributed by atoms with Crippen molar-refractivity contribution in [2.75, 3.05) is 5.88 Å². The molecule has 21 heavy (non-hydrogen) atoms. The Labute approximate surface area is 131 Å². The molecule has 1 aliphatic carbocycles. The summed E-state index contributed by atoms with van der Waals surface area (Å²) in [7, 11) is 0. The number of alkyl halides is 1. The fourth-order valence-corrected chi connectivity index (χ4v) is 4.04. The Balaban J connectivity index is 2.09. The van der Waals surface area contributed by atoms with Crippen molar-refractivity contribution in [3.8, 4) is 0 Å². The molecule has 0 aromatic carbocycles. The number of imidazole rings is 1. The first-order valence-electron chi connectivity index (χ1n) is 7.99. The van der Waals surface area contributed by atoms with Crippen molar-refractivity contribution in [2.45, 2.75) is 52.5 Å².